The standard InChI is InChI=1S/C6H11NOS/c1-6(4-8)5-9-7(2)3/h4-5H,1-3H3/b6-5-. The van der Waals surface area contributed by atoms with E-state index >= 15 is 0 Å². The summed E-state index contributed by atoms with van der Waals surface area (Å²) in [4.78, 5) is 10.0. The molecule has 0 aliphatic rings. The molecule has 0 spiro atoms. The van der Waals surface area contributed by atoms with Gasteiger partial charge in [0.2, 0.25) is 0 Å². The van der Waals surface area contributed by atoms with Gasteiger partial charge in [0.25, 0.3) is 0 Å². The quantitative estimate of drug-likeness (QED) is 0.339. The lowest BCUT2D eigenvalue weighted by Crippen LogP contribution is -1.96. The van der Waals surface area contributed by atoms with Crippen LogP contribution < -0.4 is 0 Å². The van der Waals surface area contributed by atoms with Crippen LogP contribution in [0.2, 0.25) is 0 Å². The van der Waals surface area contributed by atoms with Crippen LogP contribution in [0.1, 0.15) is 6.92 Å². The zero-order chi connectivity index (χ0) is 7.28. The Kier molecular flexibility index (Phi) is 4.44. The molecule has 0 saturated heterocycles. The molecule has 0 unspecified atom stereocenters. The third kappa shape index (κ3) is 5.59. The van der Waals surface area contributed by atoms with Crippen LogP contribution in [0.3, 0.4) is 0 Å². The molecule has 0 aliphatic carbocycles. The molecule has 0 rings (SSSR count). The second-order valence-corrected chi connectivity index (χ2v) is 3.07. The van der Waals surface area contributed by atoms with Crippen LogP contribution in [-0.4, -0.2) is 24.7 Å². The maximum absolute atomic E-state index is 10.0. The van der Waals surface area contributed by atoms with Gasteiger partial charge < -0.3 is 0 Å². The van der Waals surface area contributed by atoms with Gasteiger partial charge in [-0.1, -0.05) is 11.9 Å². The van der Waals surface area contributed by atoms with E-state index in [0.29, 0.717) is 0 Å². The van der Waals surface area contributed by atoms with Gasteiger partial charge in [0.1, 0.15) is 6.29 Å². The Morgan fingerprint density at radius 3 is 2.44 bits per heavy atom. The normalized spacial score (nSPS) is 12.2. The van der Waals surface area contributed by atoms with Crippen molar-refractivity contribution >= 4 is 18.2 Å². The van der Waals surface area contributed by atoms with Gasteiger partial charge >= 0.3 is 0 Å². The second kappa shape index (κ2) is 4.58. The summed E-state index contributed by atoms with van der Waals surface area (Å²) < 4.78 is 1.92. The molecular weight excluding hydrogens is 134 g/mol. The molecule has 0 aromatic heterocycles. The molecule has 52 valence electrons. The molecule has 9 heavy (non-hydrogen) atoms. The summed E-state index contributed by atoms with van der Waals surface area (Å²) in [5, 5.41) is 1.81. The highest BCUT2D eigenvalue weighted by Gasteiger charge is 1.86. The molecule has 0 aliphatic heterocycles. The monoisotopic (exact) mass is 145 g/mol. The number of carbonyl (C=O) groups is 1. The SMILES string of the molecule is C/C(C=O)=C/SN(C)C. The van der Waals surface area contributed by atoms with E-state index in [0.717, 1.165) is 11.9 Å². The minimum absolute atomic E-state index is 0.758. The van der Waals surface area contributed by atoms with Crippen molar-refractivity contribution in [1.82, 2.24) is 4.31 Å². The molecule has 0 fully saturated rings. The van der Waals surface area contributed by atoms with Gasteiger partial charge in [-0.15, -0.1) is 0 Å². The summed E-state index contributed by atoms with van der Waals surface area (Å²) in [5.74, 6) is 0. The summed E-state index contributed by atoms with van der Waals surface area (Å²) >= 11 is 1.50. The lowest BCUT2D eigenvalue weighted by Gasteiger charge is -2.02. The van der Waals surface area contributed by atoms with Gasteiger partial charge in [0.15, 0.2) is 0 Å². The Hall–Kier alpha value is -0.280. The van der Waals surface area contributed by atoms with Crippen molar-refractivity contribution in [3.8, 4) is 0 Å². The Morgan fingerprint density at radius 1 is 1.56 bits per heavy atom. The molecule has 0 aromatic carbocycles. The van der Waals surface area contributed by atoms with Crippen molar-refractivity contribution < 1.29 is 4.79 Å². The van der Waals surface area contributed by atoms with Gasteiger partial charge in [-0.2, -0.15) is 0 Å². The van der Waals surface area contributed by atoms with Gasteiger partial charge in [0, 0.05) is 0 Å². The van der Waals surface area contributed by atoms with Crippen LogP contribution in [0.5, 0.6) is 0 Å². The topological polar surface area (TPSA) is 20.3 Å². The number of rotatable bonds is 3. The minimum atomic E-state index is 0.758. The molecule has 0 aromatic rings. The Balaban J connectivity index is 3.56. The molecule has 0 heterocycles. The van der Waals surface area contributed by atoms with Gasteiger partial charge in [0.05, 0.1) is 0 Å². The first-order valence-corrected chi connectivity index (χ1v) is 3.46. The first-order chi connectivity index (χ1) is 4.16. The Morgan fingerprint density at radius 2 is 2.11 bits per heavy atom. The van der Waals surface area contributed by atoms with E-state index in [2.05, 4.69) is 0 Å². The van der Waals surface area contributed by atoms with E-state index in [4.69, 9.17) is 0 Å². The number of hydrogen-bond donors (Lipinski definition) is 0. The Labute approximate surface area is 60.1 Å². The van der Waals surface area contributed by atoms with E-state index < -0.39 is 0 Å². The lowest BCUT2D eigenvalue weighted by atomic mass is 10.4. The van der Waals surface area contributed by atoms with Crippen LogP contribution in [0.25, 0.3) is 0 Å². The highest BCUT2D eigenvalue weighted by Crippen LogP contribution is 2.06. The molecule has 3 heteroatoms. The van der Waals surface area contributed by atoms with E-state index in [-0.39, 0.29) is 0 Å². The molecule has 0 bridgehead atoms. The lowest BCUT2D eigenvalue weighted by molar-refractivity contribution is -0.104. The fourth-order valence-electron chi connectivity index (χ4n) is 0.216. The van der Waals surface area contributed by atoms with E-state index in [1.807, 2.05) is 23.8 Å². The highest BCUT2D eigenvalue weighted by molar-refractivity contribution is 7.99. The summed E-state index contributed by atoms with van der Waals surface area (Å²) in [5.41, 5.74) is 0.758. The average Bonchev–Trinajstić information content (AvgIpc) is 1.83. The molecule has 0 saturated carbocycles. The van der Waals surface area contributed by atoms with E-state index in [9.17, 15) is 4.79 Å². The van der Waals surface area contributed by atoms with Crippen molar-refractivity contribution in [2.45, 2.75) is 6.92 Å². The summed E-state index contributed by atoms with van der Waals surface area (Å²) in [7, 11) is 3.86. The van der Waals surface area contributed by atoms with Crippen molar-refractivity contribution in [3.63, 3.8) is 0 Å². The third-order valence-electron chi connectivity index (χ3n) is 0.635. The first kappa shape index (κ1) is 8.72. The molecular formula is C6H11NOS. The third-order valence-corrected chi connectivity index (χ3v) is 1.53. The fourth-order valence-corrected chi connectivity index (χ4v) is 0.649. The van der Waals surface area contributed by atoms with Crippen LogP contribution >= 0.6 is 11.9 Å². The average molecular weight is 145 g/mol. The number of carbonyl (C=O) groups excluding carboxylic acids is 1. The minimum Gasteiger partial charge on any atom is -0.298 e. The number of hydrogen-bond acceptors (Lipinski definition) is 3. The van der Waals surface area contributed by atoms with E-state index in [1.54, 1.807) is 6.92 Å². The van der Waals surface area contributed by atoms with Crippen molar-refractivity contribution in [2.24, 2.45) is 0 Å². The largest absolute Gasteiger partial charge is 0.298 e. The van der Waals surface area contributed by atoms with Gasteiger partial charge in [-0.25, -0.2) is 0 Å². The summed E-state index contributed by atoms with van der Waals surface area (Å²) in [6.07, 6.45) is 0.844. The van der Waals surface area contributed by atoms with Crippen molar-refractivity contribution in [2.75, 3.05) is 14.1 Å². The van der Waals surface area contributed by atoms with Crippen LogP contribution in [-0.2, 0) is 4.79 Å². The summed E-state index contributed by atoms with van der Waals surface area (Å²) in [6, 6.07) is 0. The maximum Gasteiger partial charge on any atom is 0.146 e. The maximum atomic E-state index is 10.0. The van der Waals surface area contributed by atoms with E-state index in [1.165, 1.54) is 11.9 Å². The number of nitrogens with zero attached hydrogens (tertiary/aromatic N) is 1. The highest BCUT2D eigenvalue weighted by atomic mass is 32.2. The van der Waals surface area contributed by atoms with Gasteiger partial charge in [-0.05, 0) is 32.0 Å². The molecule has 0 atom stereocenters. The van der Waals surface area contributed by atoms with Crippen LogP contribution in [0.4, 0.5) is 0 Å². The zero-order valence-electron chi connectivity index (χ0n) is 5.92. The predicted octanol–water partition coefficient (Wildman–Crippen LogP) is 1.30. The zero-order valence-corrected chi connectivity index (χ0v) is 6.73. The Bertz CT molecular complexity index is 120. The molecule has 0 N–H and O–H groups in total. The predicted molar refractivity (Wildman–Crippen MR) is 41.1 cm³/mol. The van der Waals surface area contributed by atoms with Crippen LogP contribution in [0.15, 0.2) is 11.0 Å². The fraction of sp³-hybridized carbons (Fsp3) is 0.500. The number of allylic oxidation sites excluding steroid dienone is 1. The molecule has 0 radical (unpaired) electrons. The number of aldehydes is 1. The summed E-state index contributed by atoms with van der Waals surface area (Å²) in [6.45, 7) is 1.78. The molecule has 0 amide bonds. The smallest absolute Gasteiger partial charge is 0.146 e. The van der Waals surface area contributed by atoms with Crippen molar-refractivity contribution in [3.05, 3.63) is 11.0 Å². The van der Waals surface area contributed by atoms with Crippen molar-refractivity contribution in [1.29, 1.82) is 0 Å². The first-order valence-electron chi connectivity index (χ1n) is 2.63. The molecule has 2 nitrogen and oxygen atoms in total. The van der Waals surface area contributed by atoms with Crippen LogP contribution in [0, 0.1) is 0 Å². The second-order valence-electron chi connectivity index (χ2n) is 1.90. The van der Waals surface area contributed by atoms with Gasteiger partial charge in [-0.3, -0.25) is 9.10 Å².